The van der Waals surface area contributed by atoms with Gasteiger partial charge in [0, 0.05) is 6.42 Å². The second-order valence-electron chi connectivity index (χ2n) is 4.30. The summed E-state index contributed by atoms with van der Waals surface area (Å²) >= 11 is 0. The molecule has 3 nitrogen and oxygen atoms in total. The van der Waals surface area contributed by atoms with E-state index in [-0.39, 0.29) is 5.91 Å². The van der Waals surface area contributed by atoms with Crippen LogP contribution in [0.5, 0.6) is 0 Å². The Bertz CT molecular complexity index is 363. The molecule has 3 heteroatoms. The number of nitrogens with two attached hydrogens (primary N) is 1. The number of carbonyl (C=O) groups is 1. The third kappa shape index (κ3) is 3.35. The number of nitrogens with one attached hydrogen (secondary N) is 1. The van der Waals surface area contributed by atoms with Gasteiger partial charge in [0.15, 0.2) is 0 Å². The molecule has 0 radical (unpaired) electrons. The van der Waals surface area contributed by atoms with E-state index in [1.54, 1.807) is 0 Å². The summed E-state index contributed by atoms with van der Waals surface area (Å²) in [4.78, 5) is 11.0. The van der Waals surface area contributed by atoms with Crippen LogP contribution in [-0.4, -0.2) is 5.91 Å². The summed E-state index contributed by atoms with van der Waals surface area (Å²) in [5.74, 6) is 4.94. The quantitative estimate of drug-likeness (QED) is 0.463. The van der Waals surface area contributed by atoms with Crippen LogP contribution in [0.25, 0.3) is 0 Å². The van der Waals surface area contributed by atoms with E-state index in [0.29, 0.717) is 6.42 Å². The average molecular weight is 220 g/mol. The normalized spacial score (nSPS) is 10.2. The third-order valence-electron chi connectivity index (χ3n) is 2.83. The molecule has 0 aromatic heterocycles. The average Bonchev–Trinajstić information content (AvgIpc) is 2.21. The van der Waals surface area contributed by atoms with Crippen molar-refractivity contribution < 1.29 is 4.79 Å². The first-order valence-corrected chi connectivity index (χ1v) is 5.60. The number of carbonyl (C=O) groups excluding carboxylic acids is 1. The number of hydrogen-bond donors (Lipinski definition) is 2. The number of benzene rings is 1. The highest BCUT2D eigenvalue weighted by molar-refractivity contribution is 5.75. The van der Waals surface area contributed by atoms with E-state index in [4.69, 9.17) is 5.84 Å². The Morgan fingerprint density at radius 1 is 1.25 bits per heavy atom. The van der Waals surface area contributed by atoms with Gasteiger partial charge in [0.2, 0.25) is 5.91 Å². The lowest BCUT2D eigenvalue weighted by Gasteiger charge is -2.10. The topological polar surface area (TPSA) is 55.1 Å². The molecule has 3 N–H and O–H groups in total. The molecule has 1 aromatic carbocycles. The maximum atomic E-state index is 11.0. The van der Waals surface area contributed by atoms with Crippen molar-refractivity contribution in [1.29, 1.82) is 0 Å². The van der Waals surface area contributed by atoms with Gasteiger partial charge >= 0.3 is 0 Å². The van der Waals surface area contributed by atoms with E-state index in [2.05, 4.69) is 38.3 Å². The van der Waals surface area contributed by atoms with Gasteiger partial charge in [-0.25, -0.2) is 5.84 Å². The highest BCUT2D eigenvalue weighted by Gasteiger charge is 2.05. The molecule has 0 atom stereocenters. The Morgan fingerprint density at radius 2 is 1.81 bits per heavy atom. The minimum absolute atomic E-state index is 0.0950. The molecule has 0 saturated heterocycles. The summed E-state index contributed by atoms with van der Waals surface area (Å²) < 4.78 is 0. The van der Waals surface area contributed by atoms with E-state index in [9.17, 15) is 4.79 Å². The van der Waals surface area contributed by atoms with Crippen molar-refractivity contribution >= 4 is 5.91 Å². The van der Waals surface area contributed by atoms with Crippen molar-refractivity contribution in [3.05, 3.63) is 34.4 Å². The van der Waals surface area contributed by atoms with Crippen LogP contribution in [0.3, 0.4) is 0 Å². The monoisotopic (exact) mass is 220 g/mol. The predicted octanol–water partition coefficient (Wildman–Crippen LogP) is 1.92. The van der Waals surface area contributed by atoms with Gasteiger partial charge in [0.25, 0.3) is 0 Å². The maximum Gasteiger partial charge on any atom is 0.233 e. The van der Waals surface area contributed by atoms with Gasteiger partial charge in [0.1, 0.15) is 0 Å². The second-order valence-corrected chi connectivity index (χ2v) is 4.30. The molecule has 16 heavy (non-hydrogen) atoms. The van der Waals surface area contributed by atoms with Crippen LogP contribution in [0.2, 0.25) is 0 Å². The Kier molecular flexibility index (Phi) is 4.50. The number of aryl methyl sites for hydroxylation is 3. The lowest BCUT2D eigenvalue weighted by Crippen LogP contribution is -2.29. The molecule has 0 unspecified atom stereocenters. The fourth-order valence-corrected chi connectivity index (χ4v) is 2.10. The van der Waals surface area contributed by atoms with Gasteiger partial charge in [-0.05, 0) is 50.3 Å². The maximum absolute atomic E-state index is 11.0. The van der Waals surface area contributed by atoms with Gasteiger partial charge in [0.05, 0.1) is 0 Å². The Hall–Kier alpha value is -1.35. The van der Waals surface area contributed by atoms with Crippen LogP contribution < -0.4 is 11.3 Å². The molecule has 1 rings (SSSR count). The summed E-state index contributed by atoms with van der Waals surface area (Å²) in [5.41, 5.74) is 7.42. The highest BCUT2D eigenvalue weighted by atomic mass is 16.2. The van der Waals surface area contributed by atoms with Crippen molar-refractivity contribution in [2.45, 2.75) is 40.0 Å². The zero-order valence-electron chi connectivity index (χ0n) is 10.3. The third-order valence-corrected chi connectivity index (χ3v) is 2.83. The number of amides is 1. The van der Waals surface area contributed by atoms with Crippen molar-refractivity contribution in [1.82, 2.24) is 5.43 Å². The SMILES string of the molecule is Cc1cc(C)c(CCCC(=O)NN)c(C)c1. The molecule has 0 fully saturated rings. The summed E-state index contributed by atoms with van der Waals surface area (Å²) in [5, 5.41) is 0. The second kappa shape index (κ2) is 5.66. The van der Waals surface area contributed by atoms with Crippen LogP contribution in [0.4, 0.5) is 0 Å². The summed E-state index contributed by atoms with van der Waals surface area (Å²) in [6, 6.07) is 4.37. The van der Waals surface area contributed by atoms with Crippen molar-refractivity contribution in [2.75, 3.05) is 0 Å². The standard InChI is InChI=1S/C13H20N2O/c1-9-7-10(2)12(11(3)8-9)5-4-6-13(16)15-14/h7-8H,4-6,14H2,1-3H3,(H,15,16). The first kappa shape index (κ1) is 12.7. The van der Waals surface area contributed by atoms with E-state index in [0.717, 1.165) is 12.8 Å². The first-order valence-electron chi connectivity index (χ1n) is 5.60. The van der Waals surface area contributed by atoms with Gasteiger partial charge in [-0.1, -0.05) is 17.7 Å². The van der Waals surface area contributed by atoms with Gasteiger partial charge in [-0.15, -0.1) is 0 Å². The van der Waals surface area contributed by atoms with Crippen LogP contribution >= 0.6 is 0 Å². The zero-order valence-corrected chi connectivity index (χ0v) is 10.3. The fourth-order valence-electron chi connectivity index (χ4n) is 2.10. The van der Waals surface area contributed by atoms with Crippen molar-refractivity contribution in [3.63, 3.8) is 0 Å². The van der Waals surface area contributed by atoms with Crippen LogP contribution in [0, 0.1) is 20.8 Å². The van der Waals surface area contributed by atoms with E-state index < -0.39 is 0 Å². The van der Waals surface area contributed by atoms with Crippen molar-refractivity contribution in [3.8, 4) is 0 Å². The molecule has 0 heterocycles. The zero-order chi connectivity index (χ0) is 12.1. The molecule has 0 aliphatic heterocycles. The number of hydrogen-bond acceptors (Lipinski definition) is 2. The molecule has 0 spiro atoms. The van der Waals surface area contributed by atoms with Crippen molar-refractivity contribution in [2.24, 2.45) is 5.84 Å². The molecule has 0 bridgehead atoms. The van der Waals surface area contributed by atoms with Gasteiger partial charge in [-0.2, -0.15) is 0 Å². The molecule has 0 aliphatic carbocycles. The lowest BCUT2D eigenvalue weighted by molar-refractivity contribution is -0.121. The molecule has 0 saturated carbocycles. The molecule has 0 aliphatic rings. The van der Waals surface area contributed by atoms with Gasteiger partial charge < -0.3 is 0 Å². The van der Waals surface area contributed by atoms with E-state index in [1.165, 1.54) is 22.3 Å². The summed E-state index contributed by atoms with van der Waals surface area (Å²) in [6.07, 6.45) is 2.27. The molecule has 1 amide bonds. The van der Waals surface area contributed by atoms with E-state index >= 15 is 0 Å². The highest BCUT2D eigenvalue weighted by Crippen LogP contribution is 2.18. The first-order chi connectivity index (χ1) is 7.54. The van der Waals surface area contributed by atoms with Crippen LogP contribution in [-0.2, 0) is 11.2 Å². The summed E-state index contributed by atoms with van der Waals surface area (Å²) in [7, 11) is 0. The molecule has 88 valence electrons. The minimum atomic E-state index is -0.0950. The van der Waals surface area contributed by atoms with E-state index in [1.807, 2.05) is 0 Å². The minimum Gasteiger partial charge on any atom is -0.294 e. The Labute approximate surface area is 97.0 Å². The fraction of sp³-hybridized carbons (Fsp3) is 0.462. The predicted molar refractivity (Wildman–Crippen MR) is 65.9 cm³/mol. The summed E-state index contributed by atoms with van der Waals surface area (Å²) in [6.45, 7) is 6.35. The molecule has 1 aromatic rings. The lowest BCUT2D eigenvalue weighted by atomic mass is 9.95. The Balaban J connectivity index is 2.64. The molecular formula is C13H20N2O. The number of hydrazine groups is 1. The Morgan fingerprint density at radius 3 is 2.31 bits per heavy atom. The molecular weight excluding hydrogens is 200 g/mol. The number of rotatable bonds is 4. The van der Waals surface area contributed by atoms with Crippen LogP contribution in [0.15, 0.2) is 12.1 Å². The van der Waals surface area contributed by atoms with Gasteiger partial charge in [-0.3, -0.25) is 10.2 Å². The largest absolute Gasteiger partial charge is 0.294 e. The smallest absolute Gasteiger partial charge is 0.233 e. The van der Waals surface area contributed by atoms with Crippen LogP contribution in [0.1, 0.15) is 35.1 Å².